The molecule has 0 aliphatic heterocycles. The molecule has 0 spiro atoms. The van der Waals surface area contributed by atoms with E-state index in [9.17, 15) is 4.79 Å². The second kappa shape index (κ2) is 7.98. The Bertz CT molecular complexity index is 955. The van der Waals surface area contributed by atoms with Gasteiger partial charge in [-0.3, -0.25) is 4.79 Å². The van der Waals surface area contributed by atoms with Gasteiger partial charge < -0.3 is 4.90 Å². The minimum atomic E-state index is 0.119. The minimum Gasteiger partial charge on any atom is -0.341 e. The molecule has 0 saturated carbocycles. The summed E-state index contributed by atoms with van der Waals surface area (Å²) in [5.74, 6) is 1.26. The van der Waals surface area contributed by atoms with Crippen molar-refractivity contribution in [3.05, 3.63) is 52.7 Å². The second-order valence-electron chi connectivity index (χ2n) is 7.23. The molecule has 6 heteroatoms. The van der Waals surface area contributed by atoms with Crippen molar-refractivity contribution < 1.29 is 4.79 Å². The quantitative estimate of drug-likeness (QED) is 0.467. The molecule has 140 valence electrons. The molecule has 2 aromatic heterocycles. The Hall–Kier alpha value is -1.92. The number of aromatic nitrogens is 2. The number of nitrogens with zero attached hydrogens (tertiary/aromatic N) is 3. The number of hydrogen-bond acceptors (Lipinski definition) is 5. The third-order valence-electron chi connectivity index (χ3n) is 5.08. The molecule has 3 aromatic rings. The number of benzene rings is 1. The van der Waals surface area contributed by atoms with Crippen LogP contribution >= 0.6 is 23.1 Å². The van der Waals surface area contributed by atoms with Gasteiger partial charge in [0, 0.05) is 23.9 Å². The van der Waals surface area contributed by atoms with Crippen LogP contribution in [0.3, 0.4) is 0 Å². The third kappa shape index (κ3) is 4.01. The number of amides is 1. The van der Waals surface area contributed by atoms with E-state index in [1.807, 2.05) is 37.4 Å². The van der Waals surface area contributed by atoms with Crippen LogP contribution in [-0.4, -0.2) is 33.6 Å². The molecule has 1 aromatic carbocycles. The first kappa shape index (κ1) is 18.4. The van der Waals surface area contributed by atoms with Crippen molar-refractivity contribution in [2.45, 2.75) is 37.8 Å². The Kier molecular flexibility index (Phi) is 5.45. The standard InChI is InChI=1S/C21H23N3OS2/c1-14-8-9-16-17(10-14)27-21-19(16)20(22-13-23-21)26-12-18(25)24(2)11-15-6-4-3-5-7-15/h3-7,13-14H,8-12H2,1-2H3/t14-/m1/s1. The van der Waals surface area contributed by atoms with Gasteiger partial charge in [0.2, 0.25) is 5.91 Å². The van der Waals surface area contributed by atoms with Gasteiger partial charge in [0.15, 0.2) is 0 Å². The van der Waals surface area contributed by atoms with Crippen LogP contribution in [0.15, 0.2) is 41.7 Å². The molecule has 0 N–H and O–H groups in total. The summed E-state index contributed by atoms with van der Waals surface area (Å²) < 4.78 is 0. The first-order valence-corrected chi connectivity index (χ1v) is 11.1. The highest BCUT2D eigenvalue weighted by molar-refractivity contribution is 8.00. The molecule has 4 rings (SSSR count). The lowest BCUT2D eigenvalue weighted by Crippen LogP contribution is -2.27. The molecule has 0 fully saturated rings. The fraction of sp³-hybridized carbons (Fsp3) is 0.381. The first-order valence-electron chi connectivity index (χ1n) is 9.27. The van der Waals surface area contributed by atoms with Crippen molar-refractivity contribution in [3.63, 3.8) is 0 Å². The van der Waals surface area contributed by atoms with Crippen LogP contribution in [0.25, 0.3) is 10.2 Å². The smallest absolute Gasteiger partial charge is 0.233 e. The van der Waals surface area contributed by atoms with Crippen molar-refractivity contribution in [1.29, 1.82) is 0 Å². The molecule has 0 unspecified atom stereocenters. The fourth-order valence-corrected chi connectivity index (χ4v) is 5.92. The zero-order chi connectivity index (χ0) is 18.8. The van der Waals surface area contributed by atoms with Crippen molar-refractivity contribution in [1.82, 2.24) is 14.9 Å². The Labute approximate surface area is 168 Å². The zero-order valence-electron chi connectivity index (χ0n) is 15.6. The van der Waals surface area contributed by atoms with Gasteiger partial charge in [-0.25, -0.2) is 9.97 Å². The lowest BCUT2D eigenvalue weighted by molar-refractivity contribution is -0.127. The maximum atomic E-state index is 12.6. The maximum Gasteiger partial charge on any atom is 0.233 e. The van der Waals surface area contributed by atoms with Crippen LogP contribution in [0.4, 0.5) is 0 Å². The van der Waals surface area contributed by atoms with Gasteiger partial charge in [-0.1, -0.05) is 49.0 Å². The van der Waals surface area contributed by atoms with Gasteiger partial charge in [-0.05, 0) is 36.3 Å². The van der Waals surface area contributed by atoms with Crippen LogP contribution in [-0.2, 0) is 24.2 Å². The lowest BCUT2D eigenvalue weighted by Gasteiger charge is -2.18. The molecular weight excluding hydrogens is 374 g/mol. The summed E-state index contributed by atoms with van der Waals surface area (Å²) in [6.07, 6.45) is 5.09. The number of carbonyl (C=O) groups is 1. The molecule has 1 aliphatic rings. The molecule has 0 bridgehead atoms. The molecule has 27 heavy (non-hydrogen) atoms. The van der Waals surface area contributed by atoms with E-state index in [2.05, 4.69) is 16.9 Å². The predicted octanol–water partition coefficient (Wildman–Crippen LogP) is 4.57. The summed E-state index contributed by atoms with van der Waals surface area (Å²) in [6.45, 7) is 2.95. The van der Waals surface area contributed by atoms with Gasteiger partial charge in [0.25, 0.3) is 0 Å². The molecular formula is C21H23N3OS2. The van der Waals surface area contributed by atoms with E-state index in [0.29, 0.717) is 12.3 Å². The fourth-order valence-electron chi connectivity index (χ4n) is 3.54. The Morgan fingerprint density at radius 3 is 2.93 bits per heavy atom. The highest BCUT2D eigenvalue weighted by Crippen LogP contribution is 2.40. The Balaban J connectivity index is 1.48. The molecule has 2 heterocycles. The molecule has 0 saturated heterocycles. The van der Waals surface area contributed by atoms with Gasteiger partial charge in [-0.2, -0.15) is 0 Å². The summed E-state index contributed by atoms with van der Waals surface area (Å²) in [5.41, 5.74) is 2.56. The van der Waals surface area contributed by atoms with Crippen molar-refractivity contribution in [2.75, 3.05) is 12.8 Å². The zero-order valence-corrected chi connectivity index (χ0v) is 17.3. The van der Waals surface area contributed by atoms with Gasteiger partial charge in [-0.15, -0.1) is 11.3 Å². The minimum absolute atomic E-state index is 0.119. The predicted molar refractivity (Wildman–Crippen MR) is 112 cm³/mol. The topological polar surface area (TPSA) is 46.1 Å². The molecule has 1 aliphatic carbocycles. The lowest BCUT2D eigenvalue weighted by atomic mass is 9.89. The highest BCUT2D eigenvalue weighted by Gasteiger charge is 2.23. The number of hydrogen-bond donors (Lipinski definition) is 0. The van der Waals surface area contributed by atoms with E-state index in [-0.39, 0.29) is 5.91 Å². The van der Waals surface area contributed by atoms with E-state index >= 15 is 0 Å². The molecule has 0 radical (unpaired) electrons. The number of carbonyl (C=O) groups excluding carboxylic acids is 1. The number of aryl methyl sites for hydroxylation is 1. The van der Waals surface area contributed by atoms with Crippen LogP contribution in [0.1, 0.15) is 29.3 Å². The molecule has 1 atom stereocenters. The van der Waals surface area contributed by atoms with Gasteiger partial charge >= 0.3 is 0 Å². The van der Waals surface area contributed by atoms with Crippen LogP contribution in [0.5, 0.6) is 0 Å². The number of thiophene rings is 1. The molecule has 1 amide bonds. The van der Waals surface area contributed by atoms with Crippen molar-refractivity contribution in [3.8, 4) is 0 Å². The SMILES string of the molecule is C[C@@H]1CCc2c(sc3ncnc(SCC(=O)N(C)Cc4ccccc4)c23)C1. The summed E-state index contributed by atoms with van der Waals surface area (Å²) in [5, 5.41) is 2.14. The van der Waals surface area contributed by atoms with Gasteiger partial charge in [0.1, 0.15) is 16.2 Å². The Morgan fingerprint density at radius 2 is 2.11 bits per heavy atom. The Morgan fingerprint density at radius 1 is 1.30 bits per heavy atom. The number of rotatable bonds is 5. The number of thioether (sulfide) groups is 1. The highest BCUT2D eigenvalue weighted by atomic mass is 32.2. The first-order chi connectivity index (χ1) is 13.1. The summed E-state index contributed by atoms with van der Waals surface area (Å²) in [6, 6.07) is 10.1. The van der Waals surface area contributed by atoms with Crippen molar-refractivity contribution in [2.24, 2.45) is 5.92 Å². The maximum absolute atomic E-state index is 12.6. The summed E-state index contributed by atoms with van der Waals surface area (Å²) in [4.78, 5) is 25.9. The van der Waals surface area contributed by atoms with Crippen molar-refractivity contribution >= 4 is 39.2 Å². The van der Waals surface area contributed by atoms with Gasteiger partial charge in [0.05, 0.1) is 5.75 Å². The van der Waals surface area contributed by atoms with Crippen LogP contribution in [0, 0.1) is 5.92 Å². The average molecular weight is 398 g/mol. The average Bonchev–Trinajstić information content (AvgIpc) is 3.04. The largest absolute Gasteiger partial charge is 0.341 e. The molecule has 4 nitrogen and oxygen atoms in total. The summed E-state index contributed by atoms with van der Waals surface area (Å²) in [7, 11) is 1.86. The monoisotopic (exact) mass is 397 g/mol. The van der Waals surface area contributed by atoms with E-state index in [1.165, 1.54) is 34.0 Å². The second-order valence-corrected chi connectivity index (χ2v) is 9.28. The third-order valence-corrected chi connectivity index (χ3v) is 7.21. The van der Waals surface area contributed by atoms with E-state index in [0.717, 1.165) is 34.2 Å². The number of fused-ring (bicyclic) bond motifs is 3. The van der Waals surface area contributed by atoms with Crippen LogP contribution < -0.4 is 0 Å². The van der Waals surface area contributed by atoms with E-state index in [4.69, 9.17) is 0 Å². The van der Waals surface area contributed by atoms with E-state index in [1.54, 1.807) is 22.6 Å². The van der Waals surface area contributed by atoms with Crippen LogP contribution in [0.2, 0.25) is 0 Å². The van der Waals surface area contributed by atoms with E-state index < -0.39 is 0 Å². The summed E-state index contributed by atoms with van der Waals surface area (Å²) >= 11 is 3.34. The normalized spacial score (nSPS) is 16.3.